The molecule has 136 valence electrons. The molecule has 1 aliphatic rings. The first-order valence-electron chi connectivity index (χ1n) is 8.48. The van der Waals surface area contributed by atoms with Crippen LogP contribution in [0.15, 0.2) is 21.5 Å². The first kappa shape index (κ1) is 18.8. The Labute approximate surface area is 144 Å². The molecule has 7 nitrogen and oxygen atoms in total. The third kappa shape index (κ3) is 5.51. The highest BCUT2D eigenvalue weighted by Gasteiger charge is 2.25. The lowest BCUT2D eigenvalue weighted by atomic mass is 10.1. The van der Waals surface area contributed by atoms with Gasteiger partial charge in [0.15, 0.2) is 5.96 Å². The van der Waals surface area contributed by atoms with Gasteiger partial charge in [-0.15, -0.1) is 0 Å². The number of rotatable bonds is 7. The number of furan rings is 1. The van der Waals surface area contributed by atoms with Crippen LogP contribution in [0.25, 0.3) is 0 Å². The number of nitrogens with zero attached hydrogens (tertiary/aromatic N) is 2. The van der Waals surface area contributed by atoms with Gasteiger partial charge in [-0.25, -0.2) is 0 Å². The minimum Gasteiger partial charge on any atom is -0.465 e. The summed E-state index contributed by atoms with van der Waals surface area (Å²) in [6, 6.07) is 4.41. The van der Waals surface area contributed by atoms with Gasteiger partial charge in [-0.2, -0.15) is 0 Å². The van der Waals surface area contributed by atoms with Crippen LogP contribution in [0.1, 0.15) is 24.5 Å². The Morgan fingerprint density at radius 2 is 2.12 bits per heavy atom. The molecule has 7 heteroatoms. The Hall–Kier alpha value is -1.57. The summed E-state index contributed by atoms with van der Waals surface area (Å²) in [5.74, 6) is 2.67. The topological polar surface area (TPSA) is 71.3 Å². The van der Waals surface area contributed by atoms with E-state index in [-0.39, 0.29) is 12.1 Å². The molecule has 0 aliphatic carbocycles. The third-order valence-corrected chi connectivity index (χ3v) is 4.06. The fourth-order valence-electron chi connectivity index (χ4n) is 2.84. The number of aliphatic imine (C=N–C) groups is 1. The van der Waals surface area contributed by atoms with E-state index in [2.05, 4.69) is 33.5 Å². The normalized spacial score (nSPS) is 19.1. The number of guanidine groups is 1. The van der Waals surface area contributed by atoms with Crippen LogP contribution in [0.4, 0.5) is 0 Å². The molecule has 0 radical (unpaired) electrons. The molecule has 1 saturated heterocycles. The Bertz CT molecular complexity index is 512. The number of aryl methyl sites for hydroxylation is 1. The molecule has 2 N–H and O–H groups in total. The Kier molecular flexibility index (Phi) is 7.55. The van der Waals surface area contributed by atoms with Crippen LogP contribution in [0.2, 0.25) is 0 Å². The number of ether oxygens (including phenoxy) is 2. The monoisotopic (exact) mass is 338 g/mol. The van der Waals surface area contributed by atoms with Gasteiger partial charge in [0.05, 0.1) is 25.9 Å². The van der Waals surface area contributed by atoms with E-state index in [1.165, 1.54) is 0 Å². The number of morpholine rings is 1. The fourth-order valence-corrected chi connectivity index (χ4v) is 2.84. The van der Waals surface area contributed by atoms with Gasteiger partial charge >= 0.3 is 0 Å². The van der Waals surface area contributed by atoms with Crippen LogP contribution in [-0.4, -0.2) is 70.5 Å². The van der Waals surface area contributed by atoms with E-state index in [0.29, 0.717) is 13.2 Å². The van der Waals surface area contributed by atoms with Crippen molar-refractivity contribution >= 4 is 5.96 Å². The molecule has 0 spiro atoms. The van der Waals surface area contributed by atoms with Gasteiger partial charge in [-0.1, -0.05) is 0 Å². The molecule has 0 saturated carbocycles. The van der Waals surface area contributed by atoms with Crippen LogP contribution in [0.5, 0.6) is 0 Å². The predicted molar refractivity (Wildman–Crippen MR) is 94.4 cm³/mol. The average molecular weight is 338 g/mol. The molecule has 2 atom stereocenters. The van der Waals surface area contributed by atoms with Gasteiger partial charge in [0.2, 0.25) is 0 Å². The molecule has 0 amide bonds. The summed E-state index contributed by atoms with van der Waals surface area (Å²) in [5.41, 5.74) is 0. The summed E-state index contributed by atoms with van der Waals surface area (Å²) in [5, 5.41) is 6.73. The molecular weight excluding hydrogens is 308 g/mol. The van der Waals surface area contributed by atoms with Crippen LogP contribution in [-0.2, 0) is 9.47 Å². The zero-order valence-corrected chi connectivity index (χ0v) is 15.2. The van der Waals surface area contributed by atoms with E-state index in [4.69, 9.17) is 13.9 Å². The van der Waals surface area contributed by atoms with Gasteiger partial charge in [0.25, 0.3) is 0 Å². The SMILES string of the molecule is CN=C(NCC(c1ccc(C)o1)N1CCOCC1)NC(C)COC. The van der Waals surface area contributed by atoms with Crippen molar-refractivity contribution in [3.05, 3.63) is 23.7 Å². The summed E-state index contributed by atoms with van der Waals surface area (Å²) in [6.07, 6.45) is 0. The van der Waals surface area contributed by atoms with Gasteiger partial charge < -0.3 is 24.5 Å². The van der Waals surface area contributed by atoms with Gasteiger partial charge in [0.1, 0.15) is 11.5 Å². The second-order valence-electron chi connectivity index (χ2n) is 6.07. The van der Waals surface area contributed by atoms with E-state index in [1.807, 2.05) is 13.0 Å². The first-order valence-corrected chi connectivity index (χ1v) is 8.48. The molecule has 1 aromatic rings. The molecule has 0 aromatic carbocycles. The molecule has 24 heavy (non-hydrogen) atoms. The van der Waals surface area contributed by atoms with Gasteiger partial charge in [-0.05, 0) is 26.0 Å². The largest absolute Gasteiger partial charge is 0.465 e. The Morgan fingerprint density at radius 3 is 2.71 bits per heavy atom. The standard InChI is InChI=1S/C17H30N4O3/c1-13(12-22-4)20-17(18-3)19-11-15(16-6-5-14(2)24-16)21-7-9-23-10-8-21/h5-6,13,15H,7-12H2,1-4H3,(H2,18,19,20). The maximum atomic E-state index is 5.88. The number of hydrogen-bond donors (Lipinski definition) is 2. The van der Waals surface area contributed by atoms with E-state index in [1.54, 1.807) is 14.2 Å². The smallest absolute Gasteiger partial charge is 0.191 e. The summed E-state index contributed by atoms with van der Waals surface area (Å²) in [4.78, 5) is 6.68. The molecule has 1 fully saturated rings. The van der Waals surface area contributed by atoms with Gasteiger partial charge in [-0.3, -0.25) is 9.89 Å². The summed E-state index contributed by atoms with van der Waals surface area (Å²) < 4.78 is 16.5. The van der Waals surface area contributed by atoms with Crippen molar-refractivity contribution in [3.63, 3.8) is 0 Å². The Balaban J connectivity index is 1.99. The van der Waals surface area contributed by atoms with Crippen LogP contribution >= 0.6 is 0 Å². The highest BCUT2D eigenvalue weighted by molar-refractivity contribution is 5.79. The van der Waals surface area contributed by atoms with Crippen molar-refractivity contribution in [3.8, 4) is 0 Å². The lowest BCUT2D eigenvalue weighted by molar-refractivity contribution is 0.0124. The molecule has 2 unspecified atom stereocenters. The summed E-state index contributed by atoms with van der Waals surface area (Å²) in [6.45, 7) is 8.70. The number of hydrogen-bond acceptors (Lipinski definition) is 5. The number of methoxy groups -OCH3 is 1. The van der Waals surface area contributed by atoms with Crippen molar-refractivity contribution in [2.24, 2.45) is 4.99 Å². The minimum atomic E-state index is 0.152. The lowest BCUT2D eigenvalue weighted by Crippen LogP contribution is -2.48. The summed E-state index contributed by atoms with van der Waals surface area (Å²) in [7, 11) is 3.47. The summed E-state index contributed by atoms with van der Waals surface area (Å²) >= 11 is 0. The zero-order valence-electron chi connectivity index (χ0n) is 15.2. The molecule has 1 aromatic heterocycles. The number of nitrogens with one attached hydrogen (secondary N) is 2. The molecule has 2 rings (SSSR count). The predicted octanol–water partition coefficient (Wildman–Crippen LogP) is 1.16. The van der Waals surface area contributed by atoms with Crippen molar-refractivity contribution in [2.75, 3.05) is 53.6 Å². The lowest BCUT2D eigenvalue weighted by Gasteiger charge is -2.33. The quantitative estimate of drug-likeness (QED) is 0.574. The second kappa shape index (κ2) is 9.66. The molecule has 1 aliphatic heterocycles. The highest BCUT2D eigenvalue weighted by atomic mass is 16.5. The van der Waals surface area contributed by atoms with E-state index >= 15 is 0 Å². The van der Waals surface area contributed by atoms with Crippen molar-refractivity contribution in [1.82, 2.24) is 15.5 Å². The van der Waals surface area contributed by atoms with E-state index in [0.717, 1.165) is 43.8 Å². The molecule has 0 bridgehead atoms. The second-order valence-corrected chi connectivity index (χ2v) is 6.07. The van der Waals surface area contributed by atoms with E-state index < -0.39 is 0 Å². The molecular formula is C17H30N4O3. The minimum absolute atomic E-state index is 0.152. The van der Waals surface area contributed by atoms with E-state index in [9.17, 15) is 0 Å². The van der Waals surface area contributed by atoms with Crippen LogP contribution in [0.3, 0.4) is 0 Å². The Morgan fingerprint density at radius 1 is 1.38 bits per heavy atom. The highest BCUT2D eigenvalue weighted by Crippen LogP contribution is 2.23. The maximum absolute atomic E-state index is 5.88. The zero-order chi connectivity index (χ0) is 17.4. The van der Waals surface area contributed by atoms with Gasteiger partial charge in [0, 0.05) is 39.8 Å². The van der Waals surface area contributed by atoms with Crippen LogP contribution in [0, 0.1) is 6.92 Å². The van der Waals surface area contributed by atoms with Crippen molar-refractivity contribution in [2.45, 2.75) is 25.9 Å². The van der Waals surface area contributed by atoms with Crippen molar-refractivity contribution in [1.29, 1.82) is 0 Å². The van der Waals surface area contributed by atoms with Crippen molar-refractivity contribution < 1.29 is 13.9 Å². The fraction of sp³-hybridized carbons (Fsp3) is 0.706. The average Bonchev–Trinajstić information content (AvgIpc) is 3.01. The maximum Gasteiger partial charge on any atom is 0.191 e. The third-order valence-electron chi connectivity index (χ3n) is 4.06. The first-order chi connectivity index (χ1) is 11.6. The molecule has 2 heterocycles. The van der Waals surface area contributed by atoms with Crippen LogP contribution < -0.4 is 10.6 Å².